The van der Waals surface area contributed by atoms with Crippen LogP contribution >= 0.6 is 0 Å². The minimum Gasteiger partial charge on any atom is -0.493 e. The Kier molecular flexibility index (Phi) is 5.08. The molecule has 0 spiro atoms. The van der Waals surface area contributed by atoms with Crippen LogP contribution in [0.3, 0.4) is 0 Å². The van der Waals surface area contributed by atoms with Crippen molar-refractivity contribution < 1.29 is 14.3 Å². The molecule has 2 aromatic rings. The van der Waals surface area contributed by atoms with E-state index < -0.39 is 0 Å². The van der Waals surface area contributed by atoms with E-state index in [1.54, 1.807) is 0 Å². The predicted molar refractivity (Wildman–Crippen MR) is 92.4 cm³/mol. The molecule has 0 bridgehead atoms. The zero-order valence-corrected chi connectivity index (χ0v) is 13.9. The summed E-state index contributed by atoms with van der Waals surface area (Å²) in [6, 6.07) is 7.68. The van der Waals surface area contributed by atoms with Gasteiger partial charge in [-0.15, -0.1) is 0 Å². The molecule has 24 heavy (non-hydrogen) atoms. The standard InChI is InChI=1S/C19H22N2O3/c1-13(23)20-8-2-3-18-16(11-22)9-15-10-17(6-7-19(15)21-18)24-12-14-4-5-14/h6-7,9-11,14H,2-5,8,12H2,1H3,(H,20,23). The molecular weight excluding hydrogens is 304 g/mol. The summed E-state index contributed by atoms with van der Waals surface area (Å²) >= 11 is 0. The fraction of sp³-hybridized carbons (Fsp3) is 0.421. The van der Waals surface area contributed by atoms with Crippen LogP contribution in [0.15, 0.2) is 24.3 Å². The number of amides is 1. The van der Waals surface area contributed by atoms with E-state index in [1.165, 1.54) is 19.8 Å². The fourth-order valence-corrected chi connectivity index (χ4v) is 2.62. The number of aldehydes is 1. The molecular formula is C19H22N2O3. The van der Waals surface area contributed by atoms with E-state index in [0.29, 0.717) is 24.4 Å². The molecule has 1 amide bonds. The maximum Gasteiger partial charge on any atom is 0.216 e. The second-order valence-electron chi connectivity index (χ2n) is 6.34. The van der Waals surface area contributed by atoms with Crippen LogP contribution in [0.5, 0.6) is 5.75 Å². The molecule has 0 aliphatic heterocycles. The first-order valence-corrected chi connectivity index (χ1v) is 8.42. The number of fused-ring (bicyclic) bond motifs is 1. The highest BCUT2D eigenvalue weighted by Gasteiger charge is 2.21. The van der Waals surface area contributed by atoms with Crippen molar-refractivity contribution in [2.24, 2.45) is 5.92 Å². The number of benzene rings is 1. The zero-order chi connectivity index (χ0) is 16.9. The van der Waals surface area contributed by atoms with Crippen molar-refractivity contribution in [3.05, 3.63) is 35.5 Å². The smallest absolute Gasteiger partial charge is 0.216 e. The van der Waals surface area contributed by atoms with Crippen molar-refractivity contribution in [2.45, 2.75) is 32.6 Å². The molecule has 1 N–H and O–H groups in total. The maximum absolute atomic E-state index is 11.4. The summed E-state index contributed by atoms with van der Waals surface area (Å²) in [6.07, 6.45) is 4.77. The Labute approximate surface area is 141 Å². The maximum atomic E-state index is 11.4. The zero-order valence-electron chi connectivity index (χ0n) is 13.9. The lowest BCUT2D eigenvalue weighted by Gasteiger charge is -2.09. The van der Waals surface area contributed by atoms with Crippen LogP contribution in [-0.2, 0) is 11.2 Å². The lowest BCUT2D eigenvalue weighted by molar-refractivity contribution is -0.118. The third-order valence-corrected chi connectivity index (χ3v) is 4.17. The van der Waals surface area contributed by atoms with Crippen molar-refractivity contribution >= 4 is 23.1 Å². The van der Waals surface area contributed by atoms with Gasteiger partial charge < -0.3 is 10.1 Å². The number of rotatable bonds is 8. The van der Waals surface area contributed by atoms with Gasteiger partial charge in [0.25, 0.3) is 0 Å². The molecule has 1 aliphatic carbocycles. The molecule has 3 rings (SSSR count). The largest absolute Gasteiger partial charge is 0.493 e. The third kappa shape index (κ3) is 4.31. The Morgan fingerprint density at radius 2 is 2.21 bits per heavy atom. The van der Waals surface area contributed by atoms with E-state index in [2.05, 4.69) is 10.3 Å². The van der Waals surface area contributed by atoms with Gasteiger partial charge in [0.2, 0.25) is 5.91 Å². The van der Waals surface area contributed by atoms with Crippen LogP contribution in [0.25, 0.3) is 10.9 Å². The van der Waals surface area contributed by atoms with E-state index in [0.717, 1.165) is 41.7 Å². The molecule has 0 atom stereocenters. The molecule has 1 fully saturated rings. The number of pyridine rings is 1. The summed E-state index contributed by atoms with van der Waals surface area (Å²) < 4.78 is 5.79. The van der Waals surface area contributed by atoms with E-state index in [-0.39, 0.29) is 5.91 Å². The number of aromatic nitrogens is 1. The van der Waals surface area contributed by atoms with Crippen LogP contribution in [0, 0.1) is 5.92 Å². The Morgan fingerprint density at radius 3 is 2.92 bits per heavy atom. The second-order valence-corrected chi connectivity index (χ2v) is 6.34. The molecule has 1 aromatic heterocycles. The Morgan fingerprint density at radius 1 is 1.38 bits per heavy atom. The first kappa shape index (κ1) is 16.4. The quantitative estimate of drug-likeness (QED) is 0.598. The molecule has 0 unspecified atom stereocenters. The lowest BCUT2D eigenvalue weighted by atomic mass is 10.1. The molecule has 1 saturated carbocycles. The summed E-state index contributed by atoms with van der Waals surface area (Å²) in [5, 5.41) is 3.67. The second kappa shape index (κ2) is 7.43. The van der Waals surface area contributed by atoms with E-state index in [9.17, 15) is 9.59 Å². The van der Waals surface area contributed by atoms with E-state index >= 15 is 0 Å². The highest BCUT2D eigenvalue weighted by atomic mass is 16.5. The first-order valence-electron chi connectivity index (χ1n) is 8.42. The van der Waals surface area contributed by atoms with Crippen LogP contribution in [0.4, 0.5) is 0 Å². The molecule has 5 nitrogen and oxygen atoms in total. The average molecular weight is 326 g/mol. The Hall–Kier alpha value is -2.43. The van der Waals surface area contributed by atoms with E-state index in [1.807, 2.05) is 24.3 Å². The fourth-order valence-electron chi connectivity index (χ4n) is 2.62. The topological polar surface area (TPSA) is 68.3 Å². The van der Waals surface area contributed by atoms with Gasteiger partial charge in [0.15, 0.2) is 6.29 Å². The van der Waals surface area contributed by atoms with Crippen LogP contribution in [0.1, 0.15) is 42.2 Å². The predicted octanol–water partition coefficient (Wildman–Crippen LogP) is 2.90. The molecule has 126 valence electrons. The van der Waals surface area contributed by atoms with Gasteiger partial charge in [-0.25, -0.2) is 0 Å². The monoisotopic (exact) mass is 326 g/mol. The van der Waals surface area contributed by atoms with Gasteiger partial charge in [-0.3, -0.25) is 14.6 Å². The van der Waals surface area contributed by atoms with Gasteiger partial charge in [-0.1, -0.05) is 0 Å². The van der Waals surface area contributed by atoms with Gasteiger partial charge >= 0.3 is 0 Å². The van der Waals surface area contributed by atoms with E-state index in [4.69, 9.17) is 4.74 Å². The van der Waals surface area contributed by atoms with Crippen molar-refractivity contribution in [1.82, 2.24) is 10.3 Å². The summed E-state index contributed by atoms with van der Waals surface area (Å²) in [6.45, 7) is 2.84. The normalized spacial score (nSPS) is 13.7. The third-order valence-electron chi connectivity index (χ3n) is 4.17. The first-order chi connectivity index (χ1) is 11.7. The van der Waals surface area contributed by atoms with Crippen molar-refractivity contribution in [1.29, 1.82) is 0 Å². The molecule has 1 aliphatic rings. The SMILES string of the molecule is CC(=O)NCCCc1nc2ccc(OCC3CC3)cc2cc1C=O. The molecule has 1 aromatic carbocycles. The highest BCUT2D eigenvalue weighted by Crippen LogP contribution is 2.30. The number of hydrogen-bond donors (Lipinski definition) is 1. The van der Waals surface area contributed by atoms with Gasteiger partial charge in [0.05, 0.1) is 17.8 Å². The lowest BCUT2D eigenvalue weighted by Crippen LogP contribution is -2.21. The summed E-state index contributed by atoms with van der Waals surface area (Å²) in [5.41, 5.74) is 2.23. The highest BCUT2D eigenvalue weighted by molar-refractivity contribution is 5.88. The Balaban J connectivity index is 1.73. The molecule has 0 saturated heterocycles. The van der Waals surface area contributed by atoms with Crippen molar-refractivity contribution in [3.8, 4) is 5.75 Å². The number of ether oxygens (including phenoxy) is 1. The van der Waals surface area contributed by atoms with Gasteiger partial charge in [0, 0.05) is 24.4 Å². The number of carbonyl (C=O) groups excluding carboxylic acids is 2. The van der Waals surface area contributed by atoms with Crippen LogP contribution in [-0.4, -0.2) is 30.3 Å². The Bertz CT molecular complexity index is 754. The minimum atomic E-state index is -0.0455. The number of aryl methyl sites for hydroxylation is 1. The summed E-state index contributed by atoms with van der Waals surface area (Å²) in [7, 11) is 0. The van der Waals surface area contributed by atoms with Crippen molar-refractivity contribution in [2.75, 3.05) is 13.2 Å². The van der Waals surface area contributed by atoms with Crippen molar-refractivity contribution in [3.63, 3.8) is 0 Å². The minimum absolute atomic E-state index is 0.0455. The summed E-state index contributed by atoms with van der Waals surface area (Å²) in [5.74, 6) is 1.48. The number of hydrogen-bond acceptors (Lipinski definition) is 4. The average Bonchev–Trinajstić information content (AvgIpc) is 3.40. The molecule has 1 heterocycles. The summed E-state index contributed by atoms with van der Waals surface area (Å²) in [4.78, 5) is 26.9. The van der Waals surface area contributed by atoms with Gasteiger partial charge in [-0.2, -0.15) is 0 Å². The molecule has 5 heteroatoms. The number of carbonyl (C=O) groups is 2. The number of nitrogens with zero attached hydrogens (tertiary/aromatic N) is 1. The number of nitrogens with one attached hydrogen (secondary N) is 1. The van der Waals surface area contributed by atoms with Crippen LogP contribution < -0.4 is 10.1 Å². The van der Waals surface area contributed by atoms with Gasteiger partial charge in [0.1, 0.15) is 5.75 Å². The molecule has 0 radical (unpaired) electrons. The van der Waals surface area contributed by atoms with Gasteiger partial charge in [-0.05, 0) is 55.9 Å². The van der Waals surface area contributed by atoms with Crippen LogP contribution in [0.2, 0.25) is 0 Å².